The Labute approximate surface area is 141 Å². The van der Waals surface area contributed by atoms with Gasteiger partial charge in [0.15, 0.2) is 0 Å². The molecule has 0 aliphatic carbocycles. The number of hydrogen-bond acceptors (Lipinski definition) is 5. The van der Waals surface area contributed by atoms with Crippen LogP contribution in [0.15, 0.2) is 36.5 Å². The Morgan fingerprint density at radius 3 is 2.67 bits per heavy atom. The minimum atomic E-state index is -1.13. The third-order valence-corrected chi connectivity index (χ3v) is 3.46. The monoisotopic (exact) mass is 332 g/mol. The summed E-state index contributed by atoms with van der Waals surface area (Å²) in [7, 11) is 0. The lowest BCUT2D eigenvalue weighted by Gasteiger charge is -2.21. The first-order valence-corrected chi connectivity index (χ1v) is 7.94. The molecular weight excluding hydrogens is 308 g/mol. The van der Waals surface area contributed by atoms with Gasteiger partial charge in [-0.2, -0.15) is 0 Å². The van der Waals surface area contributed by atoms with Gasteiger partial charge in [-0.15, -0.1) is 0 Å². The van der Waals surface area contributed by atoms with E-state index in [1.807, 2.05) is 30.3 Å². The first kappa shape index (κ1) is 18.2. The van der Waals surface area contributed by atoms with Crippen LogP contribution in [0.25, 0.3) is 10.8 Å². The molecule has 0 aliphatic rings. The molecule has 2 atom stereocenters. The van der Waals surface area contributed by atoms with E-state index in [9.17, 15) is 15.0 Å². The molecule has 0 saturated carbocycles. The highest BCUT2D eigenvalue weighted by atomic mass is 16.6. The summed E-state index contributed by atoms with van der Waals surface area (Å²) in [6.07, 6.45) is -0.931. The molecule has 1 amide bonds. The van der Waals surface area contributed by atoms with Crippen molar-refractivity contribution >= 4 is 16.9 Å². The fourth-order valence-electron chi connectivity index (χ4n) is 2.36. The van der Waals surface area contributed by atoms with E-state index in [0.717, 1.165) is 10.8 Å². The Bertz CT molecular complexity index is 691. The Morgan fingerprint density at radius 2 is 1.96 bits per heavy atom. The van der Waals surface area contributed by atoms with Crippen LogP contribution < -0.4 is 5.32 Å². The first-order chi connectivity index (χ1) is 11.3. The number of ether oxygens (including phenoxy) is 1. The van der Waals surface area contributed by atoms with Crippen molar-refractivity contribution in [1.82, 2.24) is 10.3 Å². The fraction of sp³-hybridized carbons (Fsp3) is 0.444. The predicted octanol–water partition coefficient (Wildman–Crippen LogP) is 2.54. The van der Waals surface area contributed by atoms with Crippen LogP contribution in [0.4, 0.5) is 4.79 Å². The van der Waals surface area contributed by atoms with Gasteiger partial charge in [0.25, 0.3) is 0 Å². The van der Waals surface area contributed by atoms with E-state index >= 15 is 0 Å². The molecule has 1 heterocycles. The molecule has 0 aliphatic heterocycles. The highest BCUT2D eigenvalue weighted by molar-refractivity contribution is 5.84. The van der Waals surface area contributed by atoms with Crippen LogP contribution >= 0.6 is 0 Å². The number of nitrogens with zero attached hydrogens (tertiary/aromatic N) is 1. The number of carbonyl (C=O) groups excluding carboxylic acids is 1. The molecule has 6 heteroatoms. The molecule has 0 spiro atoms. The third kappa shape index (κ3) is 4.91. The van der Waals surface area contributed by atoms with Gasteiger partial charge in [0.05, 0.1) is 11.8 Å². The van der Waals surface area contributed by atoms with Gasteiger partial charge in [-0.3, -0.25) is 4.98 Å². The molecule has 3 N–H and O–H groups in total. The SMILES string of the molecule is CC(C)(C)OC(=O)NCCC(O)C(O)c1nccc2ccccc12. The molecule has 0 bridgehead atoms. The van der Waals surface area contributed by atoms with Crippen molar-refractivity contribution < 1.29 is 19.7 Å². The highest BCUT2D eigenvalue weighted by Crippen LogP contribution is 2.25. The van der Waals surface area contributed by atoms with Crippen molar-refractivity contribution in [2.45, 2.75) is 45.0 Å². The largest absolute Gasteiger partial charge is 0.444 e. The van der Waals surface area contributed by atoms with Gasteiger partial charge in [-0.05, 0) is 38.6 Å². The quantitative estimate of drug-likeness (QED) is 0.782. The molecule has 0 radical (unpaired) electrons. The summed E-state index contributed by atoms with van der Waals surface area (Å²) in [4.78, 5) is 15.8. The molecular formula is C18H24N2O4. The highest BCUT2D eigenvalue weighted by Gasteiger charge is 2.22. The maximum Gasteiger partial charge on any atom is 0.407 e. The smallest absolute Gasteiger partial charge is 0.407 e. The molecule has 2 aromatic rings. The molecule has 1 aromatic heterocycles. The molecule has 0 saturated heterocycles. The average Bonchev–Trinajstić information content (AvgIpc) is 2.51. The zero-order valence-corrected chi connectivity index (χ0v) is 14.2. The van der Waals surface area contributed by atoms with E-state index in [2.05, 4.69) is 10.3 Å². The molecule has 6 nitrogen and oxygen atoms in total. The second-order valence-corrected chi connectivity index (χ2v) is 6.65. The average molecular weight is 332 g/mol. The Kier molecular flexibility index (Phi) is 5.75. The van der Waals surface area contributed by atoms with Crippen molar-refractivity contribution in [2.24, 2.45) is 0 Å². The minimum absolute atomic E-state index is 0.186. The van der Waals surface area contributed by atoms with Crippen LogP contribution in [0.5, 0.6) is 0 Å². The van der Waals surface area contributed by atoms with Gasteiger partial charge in [-0.25, -0.2) is 4.79 Å². The van der Waals surface area contributed by atoms with Crippen LogP contribution in [0.1, 0.15) is 39.0 Å². The molecule has 2 rings (SSSR count). The van der Waals surface area contributed by atoms with Crippen LogP contribution in [0.3, 0.4) is 0 Å². The zero-order valence-electron chi connectivity index (χ0n) is 14.2. The second-order valence-electron chi connectivity index (χ2n) is 6.65. The Morgan fingerprint density at radius 1 is 1.25 bits per heavy atom. The van der Waals surface area contributed by atoms with Crippen molar-refractivity contribution in [3.63, 3.8) is 0 Å². The summed E-state index contributed by atoms with van der Waals surface area (Å²) >= 11 is 0. The van der Waals surface area contributed by atoms with Crippen LogP contribution in [0.2, 0.25) is 0 Å². The number of hydrogen-bond donors (Lipinski definition) is 3. The maximum absolute atomic E-state index is 11.6. The number of benzene rings is 1. The minimum Gasteiger partial charge on any atom is -0.444 e. The lowest BCUT2D eigenvalue weighted by Crippen LogP contribution is -2.34. The van der Waals surface area contributed by atoms with Crippen LogP contribution in [0, 0.1) is 0 Å². The first-order valence-electron chi connectivity index (χ1n) is 7.94. The van der Waals surface area contributed by atoms with Gasteiger partial charge < -0.3 is 20.3 Å². The Hall–Kier alpha value is -2.18. The summed E-state index contributed by atoms with van der Waals surface area (Å²) in [5.41, 5.74) is -0.146. The molecule has 2 unspecified atom stereocenters. The van der Waals surface area contributed by atoms with Gasteiger partial charge in [0.2, 0.25) is 0 Å². The lowest BCUT2D eigenvalue weighted by atomic mass is 10.0. The van der Waals surface area contributed by atoms with Crippen molar-refractivity contribution in [2.75, 3.05) is 6.54 Å². The van der Waals surface area contributed by atoms with E-state index < -0.39 is 23.9 Å². The molecule has 130 valence electrons. The van der Waals surface area contributed by atoms with Crippen LogP contribution in [-0.2, 0) is 4.74 Å². The summed E-state index contributed by atoms with van der Waals surface area (Å²) in [6.45, 7) is 5.52. The van der Waals surface area contributed by atoms with Crippen molar-refractivity contribution in [1.29, 1.82) is 0 Å². The number of nitrogens with one attached hydrogen (secondary N) is 1. The normalized spacial score (nSPS) is 14.2. The standard InChI is InChI=1S/C18H24N2O4/c1-18(2,3)24-17(23)20-11-9-14(21)16(22)15-13-7-5-4-6-12(13)8-10-19-15/h4-8,10,14,16,21-22H,9,11H2,1-3H3,(H,20,23). The zero-order chi connectivity index (χ0) is 17.7. The number of rotatable bonds is 5. The number of alkyl carbamates (subject to hydrolysis) is 1. The van der Waals surface area contributed by atoms with E-state index in [1.54, 1.807) is 27.0 Å². The lowest BCUT2D eigenvalue weighted by molar-refractivity contribution is 0.0108. The van der Waals surface area contributed by atoms with Gasteiger partial charge >= 0.3 is 6.09 Å². The Balaban J connectivity index is 1.94. The number of amides is 1. The molecule has 24 heavy (non-hydrogen) atoms. The number of aromatic nitrogens is 1. The second kappa shape index (κ2) is 7.59. The van der Waals surface area contributed by atoms with Gasteiger partial charge in [-0.1, -0.05) is 24.3 Å². The topological polar surface area (TPSA) is 91.7 Å². The summed E-state index contributed by atoms with van der Waals surface area (Å²) in [5.74, 6) is 0. The number of aliphatic hydroxyl groups excluding tert-OH is 2. The molecule has 1 aromatic carbocycles. The number of pyridine rings is 1. The maximum atomic E-state index is 11.6. The van der Waals surface area contributed by atoms with Gasteiger partial charge in [0.1, 0.15) is 11.7 Å². The van der Waals surface area contributed by atoms with Crippen LogP contribution in [-0.4, -0.2) is 39.5 Å². The van der Waals surface area contributed by atoms with E-state index in [1.165, 1.54) is 0 Å². The van der Waals surface area contributed by atoms with Gasteiger partial charge in [0, 0.05) is 18.1 Å². The molecule has 0 fully saturated rings. The van der Waals surface area contributed by atoms with Crippen molar-refractivity contribution in [3.8, 4) is 0 Å². The number of fused-ring (bicyclic) bond motifs is 1. The van der Waals surface area contributed by atoms with E-state index in [4.69, 9.17) is 4.74 Å². The summed E-state index contributed by atoms with van der Waals surface area (Å²) < 4.78 is 5.12. The number of carbonyl (C=O) groups is 1. The van der Waals surface area contributed by atoms with E-state index in [-0.39, 0.29) is 13.0 Å². The summed E-state index contributed by atoms with van der Waals surface area (Å²) in [6, 6.07) is 9.38. The van der Waals surface area contributed by atoms with Crippen molar-refractivity contribution in [3.05, 3.63) is 42.2 Å². The fourth-order valence-corrected chi connectivity index (χ4v) is 2.36. The summed E-state index contributed by atoms with van der Waals surface area (Å²) in [5, 5.41) is 24.9. The number of aliphatic hydroxyl groups is 2. The third-order valence-electron chi connectivity index (χ3n) is 3.46. The van der Waals surface area contributed by atoms with E-state index in [0.29, 0.717) is 5.69 Å². The predicted molar refractivity (Wildman–Crippen MR) is 91.6 cm³/mol.